The number of fused-ring (bicyclic) bond motifs is 1. The number of aromatic nitrogens is 1. The average Bonchev–Trinajstić information content (AvgIpc) is 3.20. The Morgan fingerprint density at radius 2 is 1.97 bits per heavy atom. The zero-order valence-corrected chi connectivity index (χ0v) is 18.5. The van der Waals surface area contributed by atoms with Crippen molar-refractivity contribution in [3.8, 4) is 0 Å². The van der Waals surface area contributed by atoms with Crippen LogP contribution < -0.4 is 16.0 Å². The molecule has 2 heterocycles. The number of halogens is 1. The van der Waals surface area contributed by atoms with Crippen molar-refractivity contribution < 1.29 is 18.7 Å². The summed E-state index contributed by atoms with van der Waals surface area (Å²) in [5, 5.41) is 3.33. The Kier molecular flexibility index (Phi) is 6.40. The molecule has 0 bridgehead atoms. The van der Waals surface area contributed by atoms with Crippen molar-refractivity contribution >= 4 is 50.1 Å². The van der Waals surface area contributed by atoms with Crippen molar-refractivity contribution in [3.05, 3.63) is 47.8 Å². The topological polar surface area (TPSA) is 101 Å². The van der Waals surface area contributed by atoms with Crippen LogP contribution >= 0.6 is 11.3 Å². The number of benzene rings is 2. The van der Waals surface area contributed by atoms with Crippen molar-refractivity contribution in [3.63, 3.8) is 0 Å². The second-order valence-corrected chi connectivity index (χ2v) is 8.55. The summed E-state index contributed by atoms with van der Waals surface area (Å²) in [6, 6.07) is 10.7. The van der Waals surface area contributed by atoms with Crippen molar-refractivity contribution in [2.75, 3.05) is 48.7 Å². The summed E-state index contributed by atoms with van der Waals surface area (Å²) < 4.78 is 20.2. The smallest absolute Gasteiger partial charge is 0.411 e. The van der Waals surface area contributed by atoms with Gasteiger partial charge in [-0.1, -0.05) is 23.5 Å². The van der Waals surface area contributed by atoms with Crippen LogP contribution in [0.3, 0.4) is 0 Å². The van der Waals surface area contributed by atoms with Crippen LogP contribution in [-0.2, 0) is 9.53 Å². The molecule has 0 saturated carbocycles. The Balaban J connectivity index is 1.22. The number of thiazole rings is 1. The molecule has 168 valence electrons. The number of nitrogens with one attached hydrogen (secondary N) is 1. The van der Waals surface area contributed by atoms with Gasteiger partial charge in [0.1, 0.15) is 12.4 Å². The number of rotatable bonds is 5. The summed E-state index contributed by atoms with van der Waals surface area (Å²) in [6.07, 6.45) is -0.747. The maximum atomic E-state index is 14.0. The summed E-state index contributed by atoms with van der Waals surface area (Å²) in [7, 11) is 0. The number of para-hydroxylation sites is 1. The third-order valence-electron chi connectivity index (χ3n) is 5.27. The number of carbonyl (C=O) groups is 2. The van der Waals surface area contributed by atoms with Crippen LogP contribution in [0.5, 0.6) is 0 Å². The Labute approximate surface area is 188 Å². The SMILES string of the molecule is Cc1cc(N)cc(F)c1NC(=O)OCCC(=O)N1CCN(c2nc3ccccc3s2)CC1. The lowest BCUT2D eigenvalue weighted by atomic mass is 10.1. The fourth-order valence-corrected chi connectivity index (χ4v) is 4.62. The van der Waals surface area contributed by atoms with Gasteiger partial charge in [-0.05, 0) is 36.8 Å². The highest BCUT2D eigenvalue weighted by atomic mass is 32.1. The Morgan fingerprint density at radius 3 is 2.69 bits per heavy atom. The molecule has 3 N–H and O–H groups in total. The van der Waals surface area contributed by atoms with E-state index in [1.165, 1.54) is 0 Å². The van der Waals surface area contributed by atoms with Gasteiger partial charge in [-0.15, -0.1) is 0 Å². The van der Waals surface area contributed by atoms with Crippen molar-refractivity contribution in [2.24, 2.45) is 0 Å². The zero-order valence-electron chi connectivity index (χ0n) is 17.6. The Bertz CT molecular complexity index is 1090. The van der Waals surface area contributed by atoms with Gasteiger partial charge >= 0.3 is 6.09 Å². The molecular formula is C22H24FN5O3S. The third-order valence-corrected chi connectivity index (χ3v) is 6.37. The van der Waals surface area contributed by atoms with E-state index in [0.717, 1.165) is 21.4 Å². The van der Waals surface area contributed by atoms with Crippen LogP contribution in [0.4, 0.5) is 25.7 Å². The first-order valence-corrected chi connectivity index (χ1v) is 11.1. The Morgan fingerprint density at radius 1 is 1.22 bits per heavy atom. The quantitative estimate of drug-likeness (QED) is 0.568. The highest BCUT2D eigenvalue weighted by Gasteiger charge is 2.23. The molecule has 10 heteroatoms. The van der Waals surface area contributed by atoms with Gasteiger partial charge in [0.2, 0.25) is 5.91 Å². The molecule has 3 aromatic rings. The van der Waals surface area contributed by atoms with E-state index in [0.29, 0.717) is 31.7 Å². The fraction of sp³-hybridized carbons (Fsp3) is 0.318. The molecule has 1 saturated heterocycles. The van der Waals surface area contributed by atoms with Crippen molar-refractivity contribution in [2.45, 2.75) is 13.3 Å². The highest BCUT2D eigenvalue weighted by molar-refractivity contribution is 7.22. The molecule has 4 rings (SSSR count). The second kappa shape index (κ2) is 9.39. The van der Waals surface area contributed by atoms with Crippen LogP contribution in [0.1, 0.15) is 12.0 Å². The number of aryl methyl sites for hydroxylation is 1. The highest BCUT2D eigenvalue weighted by Crippen LogP contribution is 2.29. The molecule has 0 unspecified atom stereocenters. The van der Waals surface area contributed by atoms with Crippen LogP contribution in [0.2, 0.25) is 0 Å². The molecule has 0 aliphatic carbocycles. The van der Waals surface area contributed by atoms with Crippen LogP contribution in [0.15, 0.2) is 36.4 Å². The molecule has 0 atom stereocenters. The lowest BCUT2D eigenvalue weighted by Gasteiger charge is -2.34. The predicted octanol–water partition coefficient (Wildman–Crippen LogP) is 3.61. The molecule has 32 heavy (non-hydrogen) atoms. The molecule has 1 aliphatic heterocycles. The van der Waals surface area contributed by atoms with Crippen molar-refractivity contribution in [1.82, 2.24) is 9.88 Å². The number of amides is 2. The molecule has 8 nitrogen and oxygen atoms in total. The molecule has 0 spiro atoms. The van der Waals surface area contributed by atoms with E-state index in [2.05, 4.69) is 21.3 Å². The number of nitrogens with two attached hydrogens (primary N) is 1. The summed E-state index contributed by atoms with van der Waals surface area (Å²) in [5.41, 5.74) is 7.33. The van der Waals surface area contributed by atoms with Crippen LogP contribution in [0, 0.1) is 12.7 Å². The summed E-state index contributed by atoms with van der Waals surface area (Å²) >= 11 is 1.65. The van der Waals surface area contributed by atoms with Gasteiger partial charge in [-0.3, -0.25) is 10.1 Å². The van der Waals surface area contributed by atoms with E-state index in [1.54, 1.807) is 29.2 Å². The van der Waals surface area contributed by atoms with E-state index in [1.807, 2.05) is 18.2 Å². The van der Waals surface area contributed by atoms with Gasteiger partial charge in [0.25, 0.3) is 0 Å². The van der Waals surface area contributed by atoms with Gasteiger partial charge in [-0.25, -0.2) is 14.2 Å². The fourth-order valence-electron chi connectivity index (χ4n) is 3.60. The Hall–Kier alpha value is -3.40. The second-order valence-electron chi connectivity index (χ2n) is 7.54. The monoisotopic (exact) mass is 457 g/mol. The molecule has 1 aromatic heterocycles. The first kappa shape index (κ1) is 21.8. The molecule has 2 aromatic carbocycles. The number of anilines is 3. The molecule has 2 amide bonds. The minimum Gasteiger partial charge on any atom is -0.449 e. The molecule has 0 radical (unpaired) electrons. The van der Waals surface area contributed by atoms with E-state index in [4.69, 9.17) is 10.5 Å². The van der Waals surface area contributed by atoms with Gasteiger partial charge < -0.3 is 20.3 Å². The van der Waals surface area contributed by atoms with E-state index < -0.39 is 11.9 Å². The predicted molar refractivity (Wildman–Crippen MR) is 124 cm³/mol. The molecule has 1 aliphatic rings. The first-order chi connectivity index (χ1) is 15.4. The molecular weight excluding hydrogens is 433 g/mol. The minimum atomic E-state index is -0.815. The van der Waals surface area contributed by atoms with E-state index in [-0.39, 0.29) is 30.3 Å². The van der Waals surface area contributed by atoms with Gasteiger partial charge in [-0.2, -0.15) is 0 Å². The third kappa shape index (κ3) is 4.91. The number of piperazine rings is 1. The lowest BCUT2D eigenvalue weighted by molar-refractivity contribution is -0.132. The zero-order chi connectivity index (χ0) is 22.7. The summed E-state index contributed by atoms with van der Waals surface area (Å²) in [5.74, 6) is -0.724. The van der Waals surface area contributed by atoms with E-state index >= 15 is 0 Å². The van der Waals surface area contributed by atoms with Crippen molar-refractivity contribution in [1.29, 1.82) is 0 Å². The van der Waals surface area contributed by atoms with Crippen LogP contribution in [-0.4, -0.2) is 54.7 Å². The van der Waals surface area contributed by atoms with Gasteiger partial charge in [0.15, 0.2) is 5.13 Å². The maximum absolute atomic E-state index is 14.0. The normalized spacial score (nSPS) is 13.9. The van der Waals surface area contributed by atoms with Gasteiger partial charge in [0.05, 0.1) is 22.3 Å². The summed E-state index contributed by atoms with van der Waals surface area (Å²) in [4.78, 5) is 33.1. The maximum Gasteiger partial charge on any atom is 0.411 e. The summed E-state index contributed by atoms with van der Waals surface area (Å²) in [6.45, 7) is 4.10. The number of ether oxygens (including phenoxy) is 1. The average molecular weight is 458 g/mol. The number of nitrogen functional groups attached to an aromatic ring is 1. The number of hydrogen-bond donors (Lipinski definition) is 2. The largest absolute Gasteiger partial charge is 0.449 e. The van der Waals surface area contributed by atoms with Crippen LogP contribution in [0.25, 0.3) is 10.2 Å². The standard InChI is InChI=1S/C22H24FN5O3S/c1-14-12-15(24)13-16(23)20(14)26-22(30)31-11-6-19(29)27-7-9-28(10-8-27)21-25-17-4-2-3-5-18(17)32-21/h2-5,12-13H,6-11,24H2,1H3,(H,26,30). The van der Waals surface area contributed by atoms with Gasteiger partial charge in [0, 0.05) is 31.9 Å². The lowest BCUT2D eigenvalue weighted by Crippen LogP contribution is -2.49. The van der Waals surface area contributed by atoms with E-state index in [9.17, 15) is 14.0 Å². The first-order valence-electron chi connectivity index (χ1n) is 10.3. The minimum absolute atomic E-state index is 0.0153. The molecule has 1 fully saturated rings. The number of nitrogens with zero attached hydrogens (tertiary/aromatic N) is 3. The number of hydrogen-bond acceptors (Lipinski definition) is 7. The number of carbonyl (C=O) groups excluding carboxylic acids is 2.